The average Bonchev–Trinajstić information content (AvgIpc) is 2.72. The SMILES string of the molecule is CC(C)OC(=O)C1=C(C(C)C)NC(=O)NC1c1ccc(OCc2ccccc2Cl)cc1. The van der Waals surface area contributed by atoms with E-state index in [4.69, 9.17) is 21.1 Å². The van der Waals surface area contributed by atoms with Gasteiger partial charge in [-0.1, -0.05) is 55.8 Å². The molecule has 1 atom stereocenters. The molecule has 1 heterocycles. The highest BCUT2D eigenvalue weighted by Crippen LogP contribution is 2.32. The Balaban J connectivity index is 1.85. The molecule has 0 radical (unpaired) electrons. The molecule has 2 N–H and O–H groups in total. The third-order valence-electron chi connectivity index (χ3n) is 4.81. The van der Waals surface area contributed by atoms with Crippen molar-refractivity contribution in [1.29, 1.82) is 0 Å². The van der Waals surface area contributed by atoms with E-state index < -0.39 is 12.0 Å². The van der Waals surface area contributed by atoms with Crippen LogP contribution >= 0.6 is 11.6 Å². The van der Waals surface area contributed by atoms with Crippen LogP contribution in [0.25, 0.3) is 0 Å². The molecule has 1 unspecified atom stereocenters. The Hall–Kier alpha value is -2.99. The monoisotopic (exact) mass is 442 g/mol. The first-order valence-corrected chi connectivity index (χ1v) is 10.6. The van der Waals surface area contributed by atoms with Crippen LogP contribution in [0.3, 0.4) is 0 Å². The summed E-state index contributed by atoms with van der Waals surface area (Å²) in [4.78, 5) is 25.1. The van der Waals surface area contributed by atoms with Crippen LogP contribution in [-0.4, -0.2) is 18.1 Å². The van der Waals surface area contributed by atoms with E-state index in [2.05, 4.69) is 10.6 Å². The number of hydrogen-bond donors (Lipinski definition) is 2. The number of amides is 2. The van der Waals surface area contributed by atoms with Gasteiger partial charge in [-0.15, -0.1) is 0 Å². The Morgan fingerprint density at radius 1 is 1.06 bits per heavy atom. The van der Waals surface area contributed by atoms with Crippen molar-refractivity contribution in [2.45, 2.75) is 46.4 Å². The maximum atomic E-state index is 12.9. The van der Waals surface area contributed by atoms with Gasteiger partial charge in [-0.3, -0.25) is 0 Å². The molecular weight excluding hydrogens is 416 g/mol. The van der Waals surface area contributed by atoms with Crippen molar-refractivity contribution in [1.82, 2.24) is 10.6 Å². The van der Waals surface area contributed by atoms with Gasteiger partial charge in [-0.05, 0) is 43.5 Å². The second kappa shape index (κ2) is 9.88. The van der Waals surface area contributed by atoms with Crippen molar-refractivity contribution in [3.63, 3.8) is 0 Å². The lowest BCUT2D eigenvalue weighted by molar-refractivity contribution is -0.143. The number of nitrogens with one attached hydrogen (secondary N) is 2. The van der Waals surface area contributed by atoms with Crippen molar-refractivity contribution in [2.75, 3.05) is 0 Å². The highest BCUT2D eigenvalue weighted by Gasteiger charge is 2.35. The number of carbonyl (C=O) groups is 2. The van der Waals surface area contributed by atoms with Gasteiger partial charge in [0.25, 0.3) is 0 Å². The van der Waals surface area contributed by atoms with Crippen molar-refractivity contribution in [3.05, 3.63) is 76.0 Å². The van der Waals surface area contributed by atoms with Gasteiger partial charge in [0.15, 0.2) is 0 Å². The van der Waals surface area contributed by atoms with E-state index in [0.717, 1.165) is 11.1 Å². The fraction of sp³-hybridized carbons (Fsp3) is 0.333. The predicted octanol–water partition coefficient (Wildman–Crippen LogP) is 5.13. The van der Waals surface area contributed by atoms with Gasteiger partial charge in [0.1, 0.15) is 12.4 Å². The topological polar surface area (TPSA) is 76.7 Å². The predicted molar refractivity (Wildman–Crippen MR) is 120 cm³/mol. The zero-order valence-corrected chi connectivity index (χ0v) is 18.8. The third kappa shape index (κ3) is 5.58. The second-order valence-corrected chi connectivity index (χ2v) is 8.32. The summed E-state index contributed by atoms with van der Waals surface area (Å²) in [7, 11) is 0. The van der Waals surface area contributed by atoms with Gasteiger partial charge in [0.2, 0.25) is 0 Å². The van der Waals surface area contributed by atoms with Gasteiger partial charge in [0, 0.05) is 16.3 Å². The quantitative estimate of drug-likeness (QED) is 0.582. The van der Waals surface area contributed by atoms with Gasteiger partial charge in [-0.2, -0.15) is 0 Å². The largest absolute Gasteiger partial charge is 0.489 e. The van der Waals surface area contributed by atoms with E-state index in [1.165, 1.54) is 0 Å². The molecule has 7 heteroatoms. The summed E-state index contributed by atoms with van der Waals surface area (Å²) in [6, 6.07) is 13.8. The summed E-state index contributed by atoms with van der Waals surface area (Å²) >= 11 is 6.18. The fourth-order valence-electron chi connectivity index (χ4n) is 3.33. The Labute approximate surface area is 187 Å². The lowest BCUT2D eigenvalue weighted by Gasteiger charge is -2.31. The van der Waals surface area contributed by atoms with Crippen LogP contribution in [0, 0.1) is 5.92 Å². The fourth-order valence-corrected chi connectivity index (χ4v) is 3.52. The summed E-state index contributed by atoms with van der Waals surface area (Å²) in [5.74, 6) is 0.153. The number of esters is 1. The number of ether oxygens (including phenoxy) is 2. The first-order valence-electron chi connectivity index (χ1n) is 10.2. The number of allylic oxidation sites excluding steroid dienone is 1. The van der Waals surface area contributed by atoms with Crippen LogP contribution in [0.5, 0.6) is 5.75 Å². The molecule has 0 spiro atoms. The van der Waals surface area contributed by atoms with E-state index >= 15 is 0 Å². The summed E-state index contributed by atoms with van der Waals surface area (Å²) in [5, 5.41) is 6.26. The lowest BCUT2D eigenvalue weighted by Crippen LogP contribution is -2.47. The number of rotatable bonds is 7. The Bertz CT molecular complexity index is 983. The molecular formula is C24H27ClN2O4. The third-order valence-corrected chi connectivity index (χ3v) is 5.18. The van der Waals surface area contributed by atoms with Crippen molar-refractivity contribution in [2.24, 2.45) is 5.92 Å². The van der Waals surface area contributed by atoms with Crippen molar-refractivity contribution >= 4 is 23.6 Å². The molecule has 0 saturated carbocycles. The molecule has 1 aliphatic rings. The molecule has 0 bridgehead atoms. The maximum absolute atomic E-state index is 12.9. The first-order chi connectivity index (χ1) is 14.8. The van der Waals surface area contributed by atoms with Gasteiger partial charge in [0.05, 0.1) is 17.7 Å². The Morgan fingerprint density at radius 3 is 2.35 bits per heavy atom. The highest BCUT2D eigenvalue weighted by molar-refractivity contribution is 6.31. The molecule has 2 aromatic rings. The minimum absolute atomic E-state index is 0.0542. The van der Waals surface area contributed by atoms with Crippen molar-refractivity contribution < 1.29 is 19.1 Å². The molecule has 2 amide bonds. The summed E-state index contributed by atoms with van der Waals surface area (Å²) in [5.41, 5.74) is 2.63. The zero-order chi connectivity index (χ0) is 22.5. The number of benzene rings is 2. The first kappa shape index (κ1) is 22.7. The van der Waals surface area contributed by atoms with Crippen LogP contribution in [0.15, 0.2) is 59.8 Å². The Kier molecular flexibility index (Phi) is 7.23. The summed E-state index contributed by atoms with van der Waals surface area (Å²) in [6.07, 6.45) is -0.271. The van der Waals surface area contributed by atoms with Crippen LogP contribution in [-0.2, 0) is 16.1 Å². The van der Waals surface area contributed by atoms with Gasteiger partial charge < -0.3 is 20.1 Å². The second-order valence-electron chi connectivity index (χ2n) is 7.92. The van der Waals surface area contributed by atoms with E-state index in [1.807, 2.05) is 50.2 Å². The molecule has 164 valence electrons. The maximum Gasteiger partial charge on any atom is 0.338 e. The van der Waals surface area contributed by atoms with Crippen LogP contribution in [0.1, 0.15) is 44.9 Å². The highest BCUT2D eigenvalue weighted by atomic mass is 35.5. The molecule has 6 nitrogen and oxygen atoms in total. The van der Waals surface area contributed by atoms with Crippen LogP contribution in [0.2, 0.25) is 5.02 Å². The standard InChI is InChI=1S/C24H27ClN2O4/c1-14(2)21-20(23(28)31-15(3)4)22(27-24(29)26-21)16-9-11-18(12-10-16)30-13-17-7-5-6-8-19(17)25/h5-12,14-15,22H,13H2,1-4H3,(H2,26,27,29). The van der Waals surface area contributed by atoms with E-state index in [-0.39, 0.29) is 18.1 Å². The molecule has 1 aliphatic heterocycles. The molecule has 0 saturated heterocycles. The minimum Gasteiger partial charge on any atom is -0.489 e. The number of halogens is 1. The molecule has 31 heavy (non-hydrogen) atoms. The molecule has 0 fully saturated rings. The van der Waals surface area contributed by atoms with E-state index in [0.29, 0.717) is 28.6 Å². The Morgan fingerprint density at radius 2 is 1.74 bits per heavy atom. The molecule has 0 aromatic heterocycles. The minimum atomic E-state index is -0.616. The summed E-state index contributed by atoms with van der Waals surface area (Å²) in [6.45, 7) is 7.77. The van der Waals surface area contributed by atoms with Gasteiger partial charge >= 0.3 is 12.0 Å². The van der Waals surface area contributed by atoms with E-state index in [1.54, 1.807) is 26.0 Å². The molecule has 0 aliphatic carbocycles. The van der Waals surface area contributed by atoms with Crippen molar-refractivity contribution in [3.8, 4) is 5.75 Å². The normalized spacial score (nSPS) is 16.2. The number of carbonyl (C=O) groups excluding carboxylic acids is 2. The smallest absolute Gasteiger partial charge is 0.338 e. The molecule has 3 rings (SSSR count). The molecule has 2 aromatic carbocycles. The van der Waals surface area contributed by atoms with Gasteiger partial charge in [-0.25, -0.2) is 9.59 Å². The van der Waals surface area contributed by atoms with Crippen LogP contribution < -0.4 is 15.4 Å². The lowest BCUT2D eigenvalue weighted by atomic mass is 9.91. The average molecular weight is 443 g/mol. The summed E-state index contributed by atoms with van der Waals surface area (Å²) < 4.78 is 11.3. The van der Waals surface area contributed by atoms with E-state index in [9.17, 15) is 9.59 Å². The number of urea groups is 1. The van der Waals surface area contributed by atoms with Crippen LogP contribution in [0.4, 0.5) is 4.79 Å². The zero-order valence-electron chi connectivity index (χ0n) is 18.1. The number of hydrogen-bond acceptors (Lipinski definition) is 4.